The molecule has 3 aromatic heterocycles. The van der Waals surface area contributed by atoms with Gasteiger partial charge in [-0.2, -0.15) is 10.5 Å². The van der Waals surface area contributed by atoms with Gasteiger partial charge in [-0.05, 0) is 60.6 Å². The standard InChI is InChI=1S/C26H25N7/c27-10-6-24(21-9-15-33(18-21)26-19(16-28)4-3-12-31-26)32-14-8-20(17-32)22-5-1-2-11-29-25-23(22)7-13-30-25/h2-4,7-8,11-14,17,21,24H,1,5-6,9,15,18H2,(H,29,30). The number of nitriles is 2. The summed E-state index contributed by atoms with van der Waals surface area (Å²) in [6, 6.07) is 12.6. The van der Waals surface area contributed by atoms with E-state index in [9.17, 15) is 10.5 Å². The highest BCUT2D eigenvalue weighted by Crippen LogP contribution is 2.34. The molecule has 1 saturated heterocycles. The smallest absolute Gasteiger partial charge is 0.146 e. The lowest BCUT2D eigenvalue weighted by Gasteiger charge is -2.24. The largest absolute Gasteiger partial charge is 0.355 e. The van der Waals surface area contributed by atoms with E-state index in [1.807, 2.05) is 18.5 Å². The Morgan fingerprint density at radius 1 is 1.24 bits per heavy atom. The lowest BCUT2D eigenvalue weighted by molar-refractivity contribution is 0.359. The molecule has 2 aliphatic rings. The number of hydrogen-bond acceptors (Lipinski definition) is 5. The molecule has 0 bridgehead atoms. The van der Waals surface area contributed by atoms with Crippen molar-refractivity contribution in [3.05, 3.63) is 83.2 Å². The van der Waals surface area contributed by atoms with Crippen molar-refractivity contribution in [3.63, 3.8) is 0 Å². The molecule has 1 N–H and O–H groups in total. The third kappa shape index (κ3) is 4.06. The van der Waals surface area contributed by atoms with E-state index in [4.69, 9.17) is 0 Å². The normalized spacial score (nSPS) is 18.5. The number of rotatable bonds is 5. The molecule has 33 heavy (non-hydrogen) atoms. The van der Waals surface area contributed by atoms with Gasteiger partial charge in [-0.25, -0.2) is 9.98 Å². The van der Waals surface area contributed by atoms with Crippen molar-refractivity contribution in [2.24, 2.45) is 10.9 Å². The zero-order valence-corrected chi connectivity index (χ0v) is 18.4. The van der Waals surface area contributed by atoms with E-state index in [1.54, 1.807) is 12.3 Å². The van der Waals surface area contributed by atoms with Gasteiger partial charge in [0.15, 0.2) is 0 Å². The van der Waals surface area contributed by atoms with Gasteiger partial charge >= 0.3 is 0 Å². The summed E-state index contributed by atoms with van der Waals surface area (Å²) in [5.74, 6) is 1.05. The number of aromatic amines is 1. The van der Waals surface area contributed by atoms with E-state index >= 15 is 0 Å². The highest BCUT2D eigenvalue weighted by atomic mass is 15.2. The van der Waals surface area contributed by atoms with Crippen LogP contribution in [0.3, 0.4) is 0 Å². The van der Waals surface area contributed by atoms with Crippen molar-refractivity contribution in [1.29, 1.82) is 10.5 Å². The summed E-state index contributed by atoms with van der Waals surface area (Å²) in [7, 11) is 0. The first-order valence-electron chi connectivity index (χ1n) is 11.3. The van der Waals surface area contributed by atoms with Crippen LogP contribution in [0.1, 0.15) is 42.9 Å². The van der Waals surface area contributed by atoms with Gasteiger partial charge in [0, 0.05) is 49.3 Å². The molecule has 2 aliphatic heterocycles. The SMILES string of the molecule is N#CCC(C1CCN(c2ncccc2C#N)C1)n1ccc(C2=c3cc[nH]c3=NC=CCC2)c1. The second-order valence-corrected chi connectivity index (χ2v) is 8.53. The Labute approximate surface area is 192 Å². The van der Waals surface area contributed by atoms with Crippen molar-refractivity contribution >= 4 is 11.4 Å². The number of anilines is 1. The topological polar surface area (TPSA) is 96.8 Å². The molecule has 0 aliphatic carbocycles. The maximum atomic E-state index is 9.59. The number of pyridine rings is 1. The molecule has 0 aromatic carbocycles. The number of nitrogens with one attached hydrogen (secondary N) is 1. The van der Waals surface area contributed by atoms with Gasteiger partial charge in [-0.3, -0.25) is 0 Å². The Hall–Kier alpha value is -4.10. The summed E-state index contributed by atoms with van der Waals surface area (Å²) in [5.41, 5.74) is 3.93. The van der Waals surface area contributed by atoms with Crippen LogP contribution < -0.4 is 15.6 Å². The molecule has 0 radical (unpaired) electrons. The molecule has 3 aromatic rings. The van der Waals surface area contributed by atoms with Crippen LogP contribution in [0.2, 0.25) is 0 Å². The Morgan fingerprint density at radius 2 is 2.18 bits per heavy atom. The molecule has 5 rings (SSSR count). The summed E-state index contributed by atoms with van der Waals surface area (Å²) >= 11 is 0. The fraction of sp³-hybridized carbons (Fsp3) is 0.308. The molecule has 2 atom stereocenters. The quantitative estimate of drug-likeness (QED) is 0.666. The van der Waals surface area contributed by atoms with Crippen LogP contribution in [0.4, 0.5) is 5.82 Å². The lowest BCUT2D eigenvalue weighted by atomic mass is 9.96. The second kappa shape index (κ2) is 9.18. The number of hydrogen-bond donors (Lipinski definition) is 1. The maximum absolute atomic E-state index is 9.59. The van der Waals surface area contributed by atoms with Gasteiger partial charge in [-0.1, -0.05) is 6.08 Å². The van der Waals surface area contributed by atoms with E-state index in [2.05, 4.69) is 67.2 Å². The van der Waals surface area contributed by atoms with Crippen molar-refractivity contribution < 1.29 is 0 Å². The first kappa shape index (κ1) is 20.8. The Kier molecular flexibility index (Phi) is 5.78. The third-order valence-electron chi connectivity index (χ3n) is 6.64. The number of nitrogens with zero attached hydrogens (tertiary/aromatic N) is 6. The first-order valence-corrected chi connectivity index (χ1v) is 11.3. The van der Waals surface area contributed by atoms with Crippen LogP contribution in [-0.4, -0.2) is 27.6 Å². The Balaban J connectivity index is 1.44. The molecule has 5 heterocycles. The highest BCUT2D eigenvalue weighted by Gasteiger charge is 2.32. The van der Waals surface area contributed by atoms with E-state index in [0.29, 0.717) is 17.9 Å². The molecule has 7 nitrogen and oxygen atoms in total. The minimum absolute atomic E-state index is 0.0763. The van der Waals surface area contributed by atoms with Crippen LogP contribution >= 0.6 is 0 Å². The molecule has 1 fully saturated rings. The summed E-state index contributed by atoms with van der Waals surface area (Å²) < 4.78 is 2.21. The highest BCUT2D eigenvalue weighted by molar-refractivity contribution is 5.65. The molecule has 0 amide bonds. The molecule has 2 unspecified atom stereocenters. The van der Waals surface area contributed by atoms with Crippen molar-refractivity contribution in [3.8, 4) is 12.1 Å². The van der Waals surface area contributed by atoms with Gasteiger partial charge in [0.1, 0.15) is 17.4 Å². The number of allylic oxidation sites excluding steroid dienone is 1. The van der Waals surface area contributed by atoms with E-state index in [1.165, 1.54) is 11.1 Å². The van der Waals surface area contributed by atoms with Crippen LogP contribution in [0.15, 0.2) is 66.3 Å². The zero-order valence-electron chi connectivity index (χ0n) is 18.4. The second-order valence-electron chi connectivity index (χ2n) is 8.53. The van der Waals surface area contributed by atoms with Crippen molar-refractivity contribution in [2.75, 3.05) is 18.0 Å². The average molecular weight is 436 g/mol. The summed E-state index contributed by atoms with van der Waals surface area (Å²) in [6.07, 6.45) is 15.2. The maximum Gasteiger partial charge on any atom is 0.146 e. The summed E-state index contributed by atoms with van der Waals surface area (Å²) in [4.78, 5) is 14.4. The van der Waals surface area contributed by atoms with Gasteiger partial charge in [0.05, 0.1) is 24.1 Å². The Morgan fingerprint density at radius 3 is 3.06 bits per heavy atom. The Bertz CT molecular complexity index is 1380. The molecular weight excluding hydrogens is 410 g/mol. The molecule has 7 heteroatoms. The van der Waals surface area contributed by atoms with E-state index in [-0.39, 0.29) is 6.04 Å². The lowest BCUT2D eigenvalue weighted by Crippen LogP contribution is -2.26. The summed E-state index contributed by atoms with van der Waals surface area (Å²) in [6.45, 7) is 1.62. The van der Waals surface area contributed by atoms with Crippen LogP contribution in [-0.2, 0) is 0 Å². The third-order valence-corrected chi connectivity index (χ3v) is 6.64. The first-order chi connectivity index (χ1) is 16.3. The van der Waals surface area contributed by atoms with E-state index < -0.39 is 0 Å². The van der Waals surface area contributed by atoms with Gasteiger partial charge in [-0.15, -0.1) is 0 Å². The monoisotopic (exact) mass is 435 g/mol. The fourth-order valence-electron chi connectivity index (χ4n) is 5.01. The predicted octanol–water partition coefficient (Wildman–Crippen LogP) is 3.19. The summed E-state index contributed by atoms with van der Waals surface area (Å²) in [5, 5.41) is 20.2. The van der Waals surface area contributed by atoms with Crippen molar-refractivity contribution in [1.82, 2.24) is 14.5 Å². The minimum Gasteiger partial charge on any atom is -0.355 e. The zero-order chi connectivity index (χ0) is 22.6. The van der Waals surface area contributed by atoms with Gasteiger partial charge in [0.2, 0.25) is 0 Å². The molecular formula is C26H25N7. The number of fused-ring (bicyclic) bond motifs is 1. The minimum atomic E-state index is 0.0763. The molecule has 164 valence electrons. The number of H-pyrrole nitrogens is 1. The average Bonchev–Trinajstić information content (AvgIpc) is 3.59. The fourth-order valence-corrected chi connectivity index (χ4v) is 5.01. The predicted molar refractivity (Wildman–Crippen MR) is 125 cm³/mol. The molecule has 0 saturated carbocycles. The molecule has 0 spiro atoms. The van der Waals surface area contributed by atoms with Gasteiger partial charge in [0.25, 0.3) is 0 Å². The van der Waals surface area contributed by atoms with Crippen molar-refractivity contribution in [2.45, 2.75) is 31.7 Å². The number of aromatic nitrogens is 3. The van der Waals surface area contributed by atoms with Crippen LogP contribution in [0, 0.1) is 28.6 Å². The van der Waals surface area contributed by atoms with Crippen LogP contribution in [0.25, 0.3) is 5.57 Å². The van der Waals surface area contributed by atoms with Gasteiger partial charge < -0.3 is 14.5 Å². The van der Waals surface area contributed by atoms with E-state index in [0.717, 1.165) is 48.9 Å². The van der Waals surface area contributed by atoms with Crippen LogP contribution in [0.5, 0.6) is 0 Å².